The molecule has 6 nitrogen and oxygen atoms in total. The minimum atomic E-state index is -0.290. The number of amides is 2. The van der Waals surface area contributed by atoms with Crippen molar-refractivity contribution in [2.75, 3.05) is 18.5 Å². The van der Waals surface area contributed by atoms with Gasteiger partial charge >= 0.3 is 0 Å². The van der Waals surface area contributed by atoms with E-state index in [1.807, 2.05) is 24.3 Å². The molecule has 3 aromatic rings. The number of imidazole rings is 1. The maximum Gasteiger partial charge on any atom is 0.253 e. The average molecular weight is 417 g/mol. The van der Waals surface area contributed by atoms with Crippen molar-refractivity contribution < 1.29 is 9.59 Å². The number of carbonyl (C=O) groups is 2. The standard InChI is InChI=1S/C20H18Cl2N4O2/c21-15-8-7-13(10-16(15)22)20(28)25-9-3-4-14(11-25)19(27)24-26-12-23-17-5-1-2-6-18(17)26/h1-2,5-8,10,12,14H,3-4,9,11H2,(H,24,27). The number of nitrogens with one attached hydrogen (secondary N) is 1. The molecule has 1 atom stereocenters. The number of hydrogen-bond donors (Lipinski definition) is 1. The van der Waals surface area contributed by atoms with Gasteiger partial charge in [-0.05, 0) is 43.2 Å². The van der Waals surface area contributed by atoms with Crippen molar-refractivity contribution >= 4 is 46.0 Å². The maximum atomic E-state index is 12.8. The topological polar surface area (TPSA) is 67.2 Å². The van der Waals surface area contributed by atoms with Crippen LogP contribution < -0.4 is 5.43 Å². The molecule has 2 aromatic carbocycles. The molecule has 144 valence electrons. The summed E-state index contributed by atoms with van der Waals surface area (Å²) in [6.45, 7) is 0.967. The Balaban J connectivity index is 1.46. The van der Waals surface area contributed by atoms with E-state index in [-0.39, 0.29) is 17.7 Å². The number of nitrogens with zero attached hydrogens (tertiary/aromatic N) is 3. The molecule has 0 spiro atoms. The van der Waals surface area contributed by atoms with Crippen molar-refractivity contribution in [2.45, 2.75) is 12.8 Å². The quantitative estimate of drug-likeness (QED) is 0.702. The van der Waals surface area contributed by atoms with E-state index in [4.69, 9.17) is 23.2 Å². The van der Waals surface area contributed by atoms with Crippen LogP contribution in [0.1, 0.15) is 23.2 Å². The zero-order chi connectivity index (χ0) is 19.7. The van der Waals surface area contributed by atoms with Crippen LogP contribution in [0.4, 0.5) is 0 Å². The summed E-state index contributed by atoms with van der Waals surface area (Å²) in [6, 6.07) is 12.4. The van der Waals surface area contributed by atoms with Gasteiger partial charge in [0, 0.05) is 18.7 Å². The monoisotopic (exact) mass is 416 g/mol. The zero-order valence-corrected chi connectivity index (χ0v) is 16.5. The number of carbonyl (C=O) groups excluding carboxylic acids is 2. The Kier molecular flexibility index (Phi) is 5.24. The van der Waals surface area contributed by atoms with Crippen LogP contribution in [0.15, 0.2) is 48.8 Å². The molecule has 8 heteroatoms. The van der Waals surface area contributed by atoms with E-state index in [1.54, 1.807) is 34.1 Å². The Hall–Kier alpha value is -2.57. The number of benzene rings is 2. The van der Waals surface area contributed by atoms with Crippen molar-refractivity contribution in [3.8, 4) is 0 Å². The summed E-state index contributed by atoms with van der Waals surface area (Å²) in [5.41, 5.74) is 5.00. The summed E-state index contributed by atoms with van der Waals surface area (Å²) in [7, 11) is 0. The first-order valence-corrected chi connectivity index (χ1v) is 9.76. The molecule has 1 unspecified atom stereocenters. The average Bonchev–Trinajstić information content (AvgIpc) is 3.12. The van der Waals surface area contributed by atoms with Crippen LogP contribution in [-0.2, 0) is 4.79 Å². The van der Waals surface area contributed by atoms with Gasteiger partial charge in [-0.15, -0.1) is 0 Å². The van der Waals surface area contributed by atoms with E-state index in [0.29, 0.717) is 28.7 Å². The van der Waals surface area contributed by atoms with Gasteiger partial charge in [0.2, 0.25) is 5.91 Å². The van der Waals surface area contributed by atoms with Crippen LogP contribution in [0, 0.1) is 5.92 Å². The molecular formula is C20H18Cl2N4O2. The number of piperidine rings is 1. The highest BCUT2D eigenvalue weighted by atomic mass is 35.5. The van der Waals surface area contributed by atoms with Crippen molar-refractivity contribution in [3.63, 3.8) is 0 Å². The third-order valence-electron chi connectivity index (χ3n) is 4.93. The molecule has 1 aliphatic heterocycles. The number of aromatic nitrogens is 2. The van der Waals surface area contributed by atoms with Crippen LogP contribution >= 0.6 is 23.2 Å². The summed E-state index contributed by atoms with van der Waals surface area (Å²) in [5, 5.41) is 0.743. The summed E-state index contributed by atoms with van der Waals surface area (Å²) in [6.07, 6.45) is 3.07. The number of rotatable bonds is 3. The minimum absolute atomic E-state index is 0.130. The summed E-state index contributed by atoms with van der Waals surface area (Å²) in [5.74, 6) is -0.569. The maximum absolute atomic E-state index is 12.8. The number of likely N-dealkylation sites (tertiary alicyclic amines) is 1. The summed E-state index contributed by atoms with van der Waals surface area (Å²) >= 11 is 12.0. The highest BCUT2D eigenvalue weighted by Gasteiger charge is 2.29. The Morgan fingerprint density at radius 3 is 2.75 bits per heavy atom. The fourth-order valence-electron chi connectivity index (χ4n) is 3.45. The van der Waals surface area contributed by atoms with Gasteiger partial charge < -0.3 is 4.90 Å². The molecule has 1 N–H and O–H groups in total. The van der Waals surface area contributed by atoms with Crippen LogP contribution in [-0.4, -0.2) is 39.5 Å². The molecule has 0 bridgehead atoms. The van der Waals surface area contributed by atoms with Crippen LogP contribution in [0.5, 0.6) is 0 Å². The highest BCUT2D eigenvalue weighted by Crippen LogP contribution is 2.25. The predicted molar refractivity (Wildman–Crippen MR) is 109 cm³/mol. The Morgan fingerprint density at radius 1 is 1.11 bits per heavy atom. The second-order valence-corrected chi connectivity index (χ2v) is 7.61. The lowest BCUT2D eigenvalue weighted by Gasteiger charge is -2.32. The lowest BCUT2D eigenvalue weighted by atomic mass is 9.96. The minimum Gasteiger partial charge on any atom is -0.338 e. The molecule has 2 amide bonds. The van der Waals surface area contributed by atoms with Gasteiger partial charge in [0.15, 0.2) is 0 Å². The molecule has 1 fully saturated rings. The molecule has 4 rings (SSSR count). The van der Waals surface area contributed by atoms with Gasteiger partial charge in [-0.2, -0.15) is 0 Å². The molecule has 0 aliphatic carbocycles. The van der Waals surface area contributed by atoms with Gasteiger partial charge in [0.1, 0.15) is 6.33 Å². The zero-order valence-electron chi connectivity index (χ0n) is 14.9. The van der Waals surface area contributed by atoms with Gasteiger partial charge in [0.25, 0.3) is 5.91 Å². The lowest BCUT2D eigenvalue weighted by molar-refractivity contribution is -0.122. The van der Waals surface area contributed by atoms with E-state index in [2.05, 4.69) is 10.4 Å². The van der Waals surface area contributed by atoms with Gasteiger partial charge in [0.05, 0.1) is 27.0 Å². The number of para-hydroxylation sites is 2. The second-order valence-electron chi connectivity index (χ2n) is 6.80. The predicted octanol–water partition coefficient (Wildman–Crippen LogP) is 3.97. The fraction of sp³-hybridized carbons (Fsp3) is 0.250. The van der Waals surface area contributed by atoms with Crippen molar-refractivity contribution in [2.24, 2.45) is 5.92 Å². The van der Waals surface area contributed by atoms with Crippen molar-refractivity contribution in [1.82, 2.24) is 14.6 Å². The third-order valence-corrected chi connectivity index (χ3v) is 5.67. The Labute approximate surface area is 172 Å². The van der Waals surface area contributed by atoms with E-state index in [9.17, 15) is 9.59 Å². The number of halogens is 2. The largest absolute Gasteiger partial charge is 0.338 e. The molecule has 0 saturated carbocycles. The highest BCUT2D eigenvalue weighted by molar-refractivity contribution is 6.42. The molecule has 1 aliphatic rings. The first-order chi connectivity index (χ1) is 13.5. The molecule has 2 heterocycles. The normalized spacial score (nSPS) is 16.9. The summed E-state index contributed by atoms with van der Waals surface area (Å²) in [4.78, 5) is 31.5. The van der Waals surface area contributed by atoms with Gasteiger partial charge in [-0.1, -0.05) is 35.3 Å². The van der Waals surface area contributed by atoms with Crippen LogP contribution in [0.2, 0.25) is 10.0 Å². The first-order valence-electron chi connectivity index (χ1n) is 9.00. The van der Waals surface area contributed by atoms with Crippen LogP contribution in [0.25, 0.3) is 11.0 Å². The van der Waals surface area contributed by atoms with E-state index >= 15 is 0 Å². The number of fused-ring (bicyclic) bond motifs is 1. The first kappa shape index (κ1) is 18.8. The Morgan fingerprint density at radius 2 is 1.93 bits per heavy atom. The second kappa shape index (κ2) is 7.81. The van der Waals surface area contributed by atoms with E-state index in [1.165, 1.54) is 0 Å². The van der Waals surface area contributed by atoms with Crippen molar-refractivity contribution in [1.29, 1.82) is 0 Å². The molecule has 1 saturated heterocycles. The third kappa shape index (κ3) is 3.70. The fourth-order valence-corrected chi connectivity index (χ4v) is 3.74. The smallest absolute Gasteiger partial charge is 0.253 e. The van der Waals surface area contributed by atoms with Crippen LogP contribution in [0.3, 0.4) is 0 Å². The molecule has 1 aromatic heterocycles. The number of hydrogen-bond acceptors (Lipinski definition) is 3. The SMILES string of the molecule is O=C(Nn1cnc2ccccc21)C1CCCN(C(=O)c2ccc(Cl)c(Cl)c2)C1. The summed E-state index contributed by atoms with van der Waals surface area (Å²) < 4.78 is 1.62. The van der Waals surface area contributed by atoms with Crippen molar-refractivity contribution in [3.05, 3.63) is 64.4 Å². The van der Waals surface area contributed by atoms with Gasteiger partial charge in [-0.3, -0.25) is 15.0 Å². The molecular weight excluding hydrogens is 399 g/mol. The Bertz CT molecular complexity index is 1050. The van der Waals surface area contributed by atoms with E-state index < -0.39 is 0 Å². The molecule has 28 heavy (non-hydrogen) atoms. The molecule has 0 radical (unpaired) electrons. The van der Waals surface area contributed by atoms with Gasteiger partial charge in [-0.25, -0.2) is 9.66 Å². The van der Waals surface area contributed by atoms with E-state index in [0.717, 1.165) is 23.9 Å². The lowest BCUT2D eigenvalue weighted by Crippen LogP contribution is -2.44.